The van der Waals surface area contributed by atoms with Gasteiger partial charge in [-0.05, 0) is 44.0 Å². The van der Waals surface area contributed by atoms with Crippen molar-refractivity contribution in [2.45, 2.75) is 38.5 Å². The molecular weight excluding hydrogens is 424 g/mol. The van der Waals surface area contributed by atoms with E-state index in [-0.39, 0.29) is 18.4 Å². The van der Waals surface area contributed by atoms with Crippen molar-refractivity contribution in [3.05, 3.63) is 48.3 Å². The van der Waals surface area contributed by atoms with Gasteiger partial charge in [0, 0.05) is 18.4 Å². The summed E-state index contributed by atoms with van der Waals surface area (Å²) in [4.78, 5) is 30.2. The molecule has 5 rings (SSSR count). The fraction of sp³-hybridized carbons (Fsp3) is 0.375. The number of aromatic nitrogens is 2. The average Bonchev–Trinajstić information content (AvgIpc) is 3.48. The van der Waals surface area contributed by atoms with Crippen LogP contribution in [0, 0.1) is 0 Å². The number of hydrogen-bond donors (Lipinski definition) is 2. The van der Waals surface area contributed by atoms with Crippen LogP contribution in [0.5, 0.6) is 11.5 Å². The Labute approximate surface area is 191 Å². The molecule has 0 radical (unpaired) electrons. The number of ether oxygens (including phenoxy) is 3. The maximum Gasteiger partial charge on any atom is 0.249 e. The predicted molar refractivity (Wildman–Crippen MR) is 121 cm³/mol. The van der Waals surface area contributed by atoms with E-state index in [1.165, 1.54) is 0 Å². The van der Waals surface area contributed by atoms with Crippen molar-refractivity contribution >= 4 is 28.5 Å². The summed E-state index contributed by atoms with van der Waals surface area (Å²) < 4.78 is 18.5. The maximum atomic E-state index is 13.0. The molecular formula is C24H26N4O5. The number of anilines is 1. The van der Waals surface area contributed by atoms with Gasteiger partial charge >= 0.3 is 0 Å². The fourth-order valence-electron chi connectivity index (χ4n) is 4.21. The quantitative estimate of drug-likeness (QED) is 0.599. The minimum absolute atomic E-state index is 0.0461. The zero-order valence-electron chi connectivity index (χ0n) is 18.4. The molecule has 2 amide bonds. The standard InChI is InChI=1S/C24H26N4O5/c1-15(25-24(30)20-7-4-10-31-20)23-27-17-5-2-3-6-18(17)28(23)14-22(29)26-16-8-9-19-21(13-16)33-12-11-32-19/h2-3,5-6,8-9,13,15,20H,4,7,10-12,14H2,1H3,(H,25,30)(H,26,29). The van der Waals surface area contributed by atoms with Gasteiger partial charge in [-0.3, -0.25) is 9.59 Å². The van der Waals surface area contributed by atoms with Crippen molar-refractivity contribution in [3.63, 3.8) is 0 Å². The van der Waals surface area contributed by atoms with Crippen molar-refractivity contribution < 1.29 is 23.8 Å². The van der Waals surface area contributed by atoms with Gasteiger partial charge in [-0.25, -0.2) is 4.98 Å². The summed E-state index contributed by atoms with van der Waals surface area (Å²) in [5.74, 6) is 1.52. The Kier molecular flexibility index (Phi) is 5.87. The van der Waals surface area contributed by atoms with Crippen LogP contribution in [0.1, 0.15) is 31.6 Å². The molecule has 0 aliphatic carbocycles. The molecule has 172 valence electrons. The SMILES string of the molecule is CC(NC(=O)C1CCCO1)c1nc2ccccc2n1CC(=O)Nc1ccc2c(c1)OCCO2. The van der Waals surface area contributed by atoms with E-state index in [0.717, 1.165) is 17.5 Å². The van der Waals surface area contributed by atoms with E-state index in [0.29, 0.717) is 49.3 Å². The molecule has 2 N–H and O–H groups in total. The molecule has 2 atom stereocenters. The van der Waals surface area contributed by atoms with Gasteiger partial charge in [0.2, 0.25) is 11.8 Å². The van der Waals surface area contributed by atoms with Crippen LogP contribution in [-0.4, -0.2) is 47.3 Å². The highest BCUT2D eigenvalue weighted by Crippen LogP contribution is 2.32. The number of nitrogens with zero attached hydrogens (tertiary/aromatic N) is 2. The first kappa shape index (κ1) is 21.3. The van der Waals surface area contributed by atoms with Crippen molar-refractivity contribution in [2.24, 2.45) is 0 Å². The van der Waals surface area contributed by atoms with Gasteiger partial charge in [-0.15, -0.1) is 0 Å². The number of carbonyl (C=O) groups excluding carboxylic acids is 2. The zero-order valence-corrected chi connectivity index (χ0v) is 18.4. The molecule has 2 aliphatic rings. The van der Waals surface area contributed by atoms with E-state index in [4.69, 9.17) is 19.2 Å². The highest BCUT2D eigenvalue weighted by molar-refractivity contribution is 5.92. The second kappa shape index (κ2) is 9.11. The van der Waals surface area contributed by atoms with Crippen LogP contribution in [0.3, 0.4) is 0 Å². The molecule has 1 fully saturated rings. The molecule has 2 unspecified atom stereocenters. The van der Waals surface area contributed by atoms with Crippen molar-refractivity contribution in [1.82, 2.24) is 14.9 Å². The Hall–Kier alpha value is -3.59. The minimum Gasteiger partial charge on any atom is -0.486 e. The second-order valence-corrected chi connectivity index (χ2v) is 8.18. The lowest BCUT2D eigenvalue weighted by Gasteiger charge is -2.19. The van der Waals surface area contributed by atoms with Gasteiger partial charge in [0.25, 0.3) is 0 Å². The van der Waals surface area contributed by atoms with Gasteiger partial charge in [-0.1, -0.05) is 12.1 Å². The van der Waals surface area contributed by atoms with Gasteiger partial charge in [-0.2, -0.15) is 0 Å². The lowest BCUT2D eigenvalue weighted by Crippen LogP contribution is -2.37. The predicted octanol–water partition coefficient (Wildman–Crippen LogP) is 2.80. The number of amides is 2. The van der Waals surface area contributed by atoms with E-state index < -0.39 is 12.1 Å². The van der Waals surface area contributed by atoms with E-state index in [1.54, 1.807) is 18.2 Å². The highest BCUT2D eigenvalue weighted by atomic mass is 16.6. The van der Waals surface area contributed by atoms with Gasteiger partial charge < -0.3 is 29.4 Å². The monoisotopic (exact) mass is 450 g/mol. The lowest BCUT2D eigenvalue weighted by molar-refractivity contribution is -0.130. The number of hydrogen-bond acceptors (Lipinski definition) is 6. The van der Waals surface area contributed by atoms with Gasteiger partial charge in [0.15, 0.2) is 11.5 Å². The Morgan fingerprint density at radius 3 is 2.76 bits per heavy atom. The first-order valence-electron chi connectivity index (χ1n) is 11.1. The van der Waals surface area contributed by atoms with Crippen LogP contribution in [-0.2, 0) is 20.9 Å². The van der Waals surface area contributed by atoms with E-state index in [9.17, 15) is 9.59 Å². The summed E-state index contributed by atoms with van der Waals surface area (Å²) in [7, 11) is 0. The number of benzene rings is 2. The largest absolute Gasteiger partial charge is 0.486 e. The molecule has 3 heterocycles. The first-order chi connectivity index (χ1) is 16.1. The molecule has 0 bridgehead atoms. The molecule has 2 aromatic carbocycles. The van der Waals surface area contributed by atoms with Crippen LogP contribution in [0.4, 0.5) is 5.69 Å². The molecule has 33 heavy (non-hydrogen) atoms. The van der Waals surface area contributed by atoms with Crippen molar-refractivity contribution in [1.29, 1.82) is 0 Å². The third-order valence-electron chi connectivity index (χ3n) is 5.78. The molecule has 0 saturated carbocycles. The highest BCUT2D eigenvalue weighted by Gasteiger charge is 2.27. The summed E-state index contributed by atoms with van der Waals surface area (Å²) in [5, 5.41) is 5.90. The van der Waals surface area contributed by atoms with E-state index in [1.807, 2.05) is 35.8 Å². The number of para-hydroxylation sites is 2. The lowest BCUT2D eigenvalue weighted by atomic mass is 10.2. The Morgan fingerprint density at radius 1 is 1.12 bits per heavy atom. The van der Waals surface area contributed by atoms with Crippen LogP contribution >= 0.6 is 0 Å². The third-order valence-corrected chi connectivity index (χ3v) is 5.78. The maximum absolute atomic E-state index is 13.0. The molecule has 1 aromatic heterocycles. The summed E-state index contributed by atoms with van der Waals surface area (Å²) >= 11 is 0. The Balaban J connectivity index is 1.35. The average molecular weight is 450 g/mol. The van der Waals surface area contributed by atoms with Gasteiger partial charge in [0.05, 0.1) is 17.1 Å². The second-order valence-electron chi connectivity index (χ2n) is 8.18. The van der Waals surface area contributed by atoms with E-state index in [2.05, 4.69) is 10.6 Å². The van der Waals surface area contributed by atoms with E-state index >= 15 is 0 Å². The van der Waals surface area contributed by atoms with Crippen LogP contribution < -0.4 is 20.1 Å². The molecule has 9 heteroatoms. The van der Waals surface area contributed by atoms with Crippen molar-refractivity contribution in [3.8, 4) is 11.5 Å². The number of rotatable bonds is 6. The summed E-state index contributed by atoms with van der Waals surface area (Å²) in [6, 6.07) is 12.5. The molecule has 9 nitrogen and oxygen atoms in total. The first-order valence-corrected chi connectivity index (χ1v) is 11.1. The molecule has 3 aromatic rings. The minimum atomic E-state index is -0.427. The van der Waals surface area contributed by atoms with Crippen molar-refractivity contribution in [2.75, 3.05) is 25.1 Å². The summed E-state index contributed by atoms with van der Waals surface area (Å²) in [6.07, 6.45) is 1.17. The molecule has 1 saturated heterocycles. The number of carbonyl (C=O) groups is 2. The summed E-state index contributed by atoms with van der Waals surface area (Å²) in [5.41, 5.74) is 2.20. The van der Waals surface area contributed by atoms with Crippen LogP contribution in [0.25, 0.3) is 11.0 Å². The zero-order chi connectivity index (χ0) is 22.8. The Morgan fingerprint density at radius 2 is 1.94 bits per heavy atom. The van der Waals surface area contributed by atoms with Crippen LogP contribution in [0.15, 0.2) is 42.5 Å². The third kappa shape index (κ3) is 4.49. The Bertz CT molecular complexity index is 1180. The number of imidazole rings is 1. The molecule has 2 aliphatic heterocycles. The molecule has 0 spiro atoms. The normalized spacial score (nSPS) is 18.2. The number of fused-ring (bicyclic) bond motifs is 2. The smallest absolute Gasteiger partial charge is 0.249 e. The van der Waals surface area contributed by atoms with Crippen LogP contribution in [0.2, 0.25) is 0 Å². The van der Waals surface area contributed by atoms with Gasteiger partial charge in [0.1, 0.15) is 31.7 Å². The topological polar surface area (TPSA) is 104 Å². The number of nitrogens with one attached hydrogen (secondary N) is 2. The fourth-order valence-corrected chi connectivity index (χ4v) is 4.21. The summed E-state index contributed by atoms with van der Waals surface area (Å²) in [6.45, 7) is 3.50.